The molecule has 1 aliphatic carbocycles. The number of carboxylic acids is 2. The molecule has 2 N–H and O–H groups in total. The molecule has 1 aromatic heterocycles. The minimum Gasteiger partial charge on any atom is -0.481 e. The normalized spacial score (nSPS) is 20.2. The Hall–Kier alpha value is -2.17. The summed E-state index contributed by atoms with van der Waals surface area (Å²) in [6.45, 7) is 0. The van der Waals surface area contributed by atoms with E-state index >= 15 is 0 Å². The molecule has 0 amide bonds. The maximum Gasteiger partial charge on any atom is 0.315 e. The van der Waals surface area contributed by atoms with Crippen LogP contribution in [-0.4, -0.2) is 27.1 Å². The number of allylic oxidation sites excluding steroid dienone is 1. The molecule has 2 atom stereocenters. The Balaban J connectivity index is 2.24. The van der Waals surface area contributed by atoms with Crippen molar-refractivity contribution >= 4 is 11.9 Å². The van der Waals surface area contributed by atoms with E-state index in [-0.39, 0.29) is 0 Å². The van der Waals surface area contributed by atoms with Gasteiger partial charge in [-0.2, -0.15) is 0 Å². The first-order chi connectivity index (χ1) is 8.59. The van der Waals surface area contributed by atoms with Crippen LogP contribution in [0.1, 0.15) is 24.3 Å². The third kappa shape index (κ3) is 2.40. The lowest BCUT2D eigenvalue weighted by atomic mass is 9.90. The first-order valence-corrected chi connectivity index (χ1v) is 5.64. The third-order valence-corrected chi connectivity index (χ3v) is 3.13. The smallest absolute Gasteiger partial charge is 0.315 e. The summed E-state index contributed by atoms with van der Waals surface area (Å²) < 4.78 is 0. The topological polar surface area (TPSA) is 87.5 Å². The zero-order valence-corrected chi connectivity index (χ0v) is 9.61. The molecule has 18 heavy (non-hydrogen) atoms. The van der Waals surface area contributed by atoms with Crippen LogP contribution in [0, 0.1) is 5.92 Å². The predicted molar refractivity (Wildman–Crippen MR) is 63.1 cm³/mol. The molecule has 0 aromatic carbocycles. The molecule has 1 aliphatic rings. The van der Waals surface area contributed by atoms with Gasteiger partial charge in [0, 0.05) is 12.4 Å². The molecule has 1 heterocycles. The molecule has 0 saturated heterocycles. The standard InChI is InChI=1S/C13H13NO4/c15-12(16)9-4-3-8(6-9)11(13(17)18)10-2-1-5-14-7-10/h1-3,5,7,9,11H,4,6H2,(H,15,16)(H,17,18). The molecule has 5 heteroatoms. The summed E-state index contributed by atoms with van der Waals surface area (Å²) in [6, 6.07) is 3.37. The van der Waals surface area contributed by atoms with E-state index in [1.165, 1.54) is 6.20 Å². The van der Waals surface area contributed by atoms with Crippen molar-refractivity contribution in [2.45, 2.75) is 18.8 Å². The molecule has 0 aliphatic heterocycles. The Morgan fingerprint density at radius 3 is 2.67 bits per heavy atom. The van der Waals surface area contributed by atoms with Gasteiger partial charge in [0.2, 0.25) is 0 Å². The van der Waals surface area contributed by atoms with Crippen LogP contribution in [0.3, 0.4) is 0 Å². The van der Waals surface area contributed by atoms with Gasteiger partial charge in [-0.05, 0) is 24.5 Å². The molecule has 2 unspecified atom stereocenters. The maximum absolute atomic E-state index is 11.3. The van der Waals surface area contributed by atoms with E-state index in [9.17, 15) is 14.7 Å². The zero-order chi connectivity index (χ0) is 13.1. The summed E-state index contributed by atoms with van der Waals surface area (Å²) in [6.07, 6.45) is 5.50. The quantitative estimate of drug-likeness (QED) is 0.790. The van der Waals surface area contributed by atoms with E-state index in [2.05, 4.69) is 4.98 Å². The van der Waals surface area contributed by atoms with E-state index in [1.807, 2.05) is 0 Å². The molecule has 1 aromatic rings. The Labute approximate surface area is 104 Å². The van der Waals surface area contributed by atoms with E-state index in [4.69, 9.17) is 5.11 Å². The second-order valence-electron chi connectivity index (χ2n) is 4.31. The number of nitrogens with zero attached hydrogens (tertiary/aromatic N) is 1. The molecule has 94 valence electrons. The first-order valence-electron chi connectivity index (χ1n) is 5.64. The molecule has 0 radical (unpaired) electrons. The van der Waals surface area contributed by atoms with Gasteiger partial charge in [0.25, 0.3) is 0 Å². The van der Waals surface area contributed by atoms with Crippen molar-refractivity contribution in [3.05, 3.63) is 41.7 Å². The van der Waals surface area contributed by atoms with Crippen molar-refractivity contribution in [3.63, 3.8) is 0 Å². The van der Waals surface area contributed by atoms with Gasteiger partial charge < -0.3 is 10.2 Å². The Morgan fingerprint density at radius 1 is 1.39 bits per heavy atom. The van der Waals surface area contributed by atoms with Gasteiger partial charge in [-0.25, -0.2) is 0 Å². The van der Waals surface area contributed by atoms with Crippen LogP contribution in [0.2, 0.25) is 0 Å². The molecule has 2 rings (SSSR count). The monoisotopic (exact) mass is 247 g/mol. The highest BCUT2D eigenvalue weighted by molar-refractivity contribution is 5.81. The van der Waals surface area contributed by atoms with E-state index in [0.29, 0.717) is 24.0 Å². The number of pyridine rings is 1. The Kier molecular flexibility index (Phi) is 3.41. The summed E-state index contributed by atoms with van der Waals surface area (Å²) in [4.78, 5) is 26.1. The van der Waals surface area contributed by atoms with Gasteiger partial charge >= 0.3 is 11.9 Å². The second-order valence-corrected chi connectivity index (χ2v) is 4.31. The van der Waals surface area contributed by atoms with Crippen LogP contribution < -0.4 is 0 Å². The zero-order valence-electron chi connectivity index (χ0n) is 9.61. The first kappa shape index (κ1) is 12.3. The van der Waals surface area contributed by atoms with Crippen molar-refractivity contribution in [1.29, 1.82) is 0 Å². The minimum absolute atomic E-state index is 0.293. The lowest BCUT2D eigenvalue weighted by molar-refractivity contribution is -0.142. The third-order valence-electron chi connectivity index (χ3n) is 3.13. The molecule has 0 saturated carbocycles. The van der Waals surface area contributed by atoms with Gasteiger partial charge in [-0.1, -0.05) is 17.7 Å². The van der Waals surface area contributed by atoms with Crippen molar-refractivity contribution in [2.75, 3.05) is 0 Å². The van der Waals surface area contributed by atoms with Crippen LogP contribution in [0.15, 0.2) is 36.2 Å². The van der Waals surface area contributed by atoms with Gasteiger partial charge in [-0.15, -0.1) is 0 Å². The molecule has 5 nitrogen and oxygen atoms in total. The van der Waals surface area contributed by atoms with Crippen LogP contribution in [0.25, 0.3) is 0 Å². The van der Waals surface area contributed by atoms with Crippen LogP contribution in [-0.2, 0) is 9.59 Å². The number of rotatable bonds is 4. The van der Waals surface area contributed by atoms with Crippen LogP contribution in [0.5, 0.6) is 0 Å². The van der Waals surface area contributed by atoms with Gasteiger partial charge in [0.15, 0.2) is 0 Å². The lowest BCUT2D eigenvalue weighted by Gasteiger charge is -2.14. The average Bonchev–Trinajstić information content (AvgIpc) is 2.79. The Morgan fingerprint density at radius 2 is 2.17 bits per heavy atom. The number of aromatic nitrogens is 1. The van der Waals surface area contributed by atoms with Crippen molar-refractivity contribution in [1.82, 2.24) is 4.98 Å². The van der Waals surface area contributed by atoms with Gasteiger partial charge in [0.1, 0.15) is 5.92 Å². The highest BCUT2D eigenvalue weighted by atomic mass is 16.4. The van der Waals surface area contributed by atoms with Crippen LogP contribution >= 0.6 is 0 Å². The number of hydrogen-bond acceptors (Lipinski definition) is 3. The molecule has 0 spiro atoms. The fourth-order valence-electron chi connectivity index (χ4n) is 2.23. The number of aliphatic carboxylic acids is 2. The van der Waals surface area contributed by atoms with Gasteiger partial charge in [-0.3, -0.25) is 14.6 Å². The minimum atomic E-state index is -0.972. The number of carbonyl (C=O) groups is 2. The van der Waals surface area contributed by atoms with Crippen molar-refractivity contribution < 1.29 is 19.8 Å². The van der Waals surface area contributed by atoms with Crippen molar-refractivity contribution in [2.24, 2.45) is 5.92 Å². The van der Waals surface area contributed by atoms with E-state index in [0.717, 1.165) is 0 Å². The highest BCUT2D eigenvalue weighted by Gasteiger charge is 2.32. The summed E-state index contributed by atoms with van der Waals surface area (Å²) in [7, 11) is 0. The number of carboxylic acid groups (broad SMARTS) is 2. The van der Waals surface area contributed by atoms with E-state index in [1.54, 1.807) is 24.4 Å². The second kappa shape index (κ2) is 5.00. The summed E-state index contributed by atoms with van der Waals surface area (Å²) in [5.74, 6) is -3.14. The molecular weight excluding hydrogens is 234 g/mol. The molecule has 0 fully saturated rings. The van der Waals surface area contributed by atoms with Crippen molar-refractivity contribution in [3.8, 4) is 0 Å². The fourth-order valence-corrected chi connectivity index (χ4v) is 2.23. The summed E-state index contributed by atoms with van der Waals surface area (Å²) in [5, 5.41) is 18.2. The molecule has 0 bridgehead atoms. The Bertz CT molecular complexity index is 495. The van der Waals surface area contributed by atoms with Gasteiger partial charge in [0.05, 0.1) is 5.92 Å². The largest absolute Gasteiger partial charge is 0.481 e. The SMILES string of the molecule is O=C(O)C1CC=C(C(C(=O)O)c2cccnc2)C1. The predicted octanol–water partition coefficient (Wildman–Crippen LogP) is 1.67. The summed E-state index contributed by atoms with van der Waals surface area (Å²) >= 11 is 0. The molecular formula is C13H13NO4. The summed E-state index contributed by atoms with van der Waals surface area (Å²) in [5.41, 5.74) is 1.24. The number of hydrogen-bond donors (Lipinski definition) is 2. The fraction of sp³-hybridized carbons (Fsp3) is 0.308. The van der Waals surface area contributed by atoms with Crippen LogP contribution in [0.4, 0.5) is 0 Å². The average molecular weight is 247 g/mol. The highest BCUT2D eigenvalue weighted by Crippen LogP contribution is 2.35. The lowest BCUT2D eigenvalue weighted by Crippen LogP contribution is -2.16. The maximum atomic E-state index is 11.3. The van der Waals surface area contributed by atoms with E-state index < -0.39 is 23.8 Å².